The molecule has 0 atom stereocenters. The van der Waals surface area contributed by atoms with Gasteiger partial charge in [0.1, 0.15) is 0 Å². The molecule has 0 heterocycles. The summed E-state index contributed by atoms with van der Waals surface area (Å²) in [6.45, 7) is 9.04. The Bertz CT molecular complexity index is 119. The fraction of sp³-hybridized carbons (Fsp3) is 1.00. The lowest BCUT2D eigenvalue weighted by molar-refractivity contribution is 0.157. The van der Waals surface area contributed by atoms with Gasteiger partial charge in [0.15, 0.2) is 0 Å². The smallest absolute Gasteiger partial charge is 0.00769 e. The van der Waals surface area contributed by atoms with Gasteiger partial charge in [0.25, 0.3) is 0 Å². The van der Waals surface area contributed by atoms with Gasteiger partial charge in [-0.1, -0.05) is 20.3 Å². The van der Waals surface area contributed by atoms with Gasteiger partial charge in [-0.2, -0.15) is 0 Å². The second kappa shape index (κ2) is 4.83. The molecule has 12 heavy (non-hydrogen) atoms. The third-order valence-electron chi connectivity index (χ3n) is 2.84. The summed E-state index contributed by atoms with van der Waals surface area (Å²) in [6, 6.07) is 0. The van der Waals surface area contributed by atoms with E-state index in [1.54, 1.807) is 0 Å². The molecule has 1 fully saturated rings. The van der Waals surface area contributed by atoms with Crippen LogP contribution >= 0.6 is 0 Å². The minimum absolute atomic E-state index is 0.631. The van der Waals surface area contributed by atoms with Crippen molar-refractivity contribution in [3.63, 3.8) is 0 Å². The maximum absolute atomic E-state index is 3.50. The van der Waals surface area contributed by atoms with E-state index in [0.717, 1.165) is 19.6 Å². The molecule has 2 heteroatoms. The lowest BCUT2D eigenvalue weighted by atomic mass is 9.70. The lowest BCUT2D eigenvalue weighted by Crippen LogP contribution is -2.39. The molecule has 0 aromatic carbocycles. The van der Waals surface area contributed by atoms with Crippen LogP contribution in [0.3, 0.4) is 0 Å². The van der Waals surface area contributed by atoms with Crippen molar-refractivity contribution >= 4 is 0 Å². The number of hydrogen-bond donors (Lipinski definition) is 2. The van der Waals surface area contributed by atoms with Crippen molar-refractivity contribution in [2.24, 2.45) is 5.41 Å². The molecule has 2 nitrogen and oxygen atoms in total. The molecule has 0 amide bonds. The van der Waals surface area contributed by atoms with Gasteiger partial charge in [0.2, 0.25) is 0 Å². The van der Waals surface area contributed by atoms with Crippen molar-refractivity contribution in [2.45, 2.75) is 33.1 Å². The summed E-state index contributed by atoms with van der Waals surface area (Å²) < 4.78 is 0. The van der Waals surface area contributed by atoms with Gasteiger partial charge >= 0.3 is 0 Å². The minimum atomic E-state index is 0.631. The van der Waals surface area contributed by atoms with E-state index in [4.69, 9.17) is 0 Å². The van der Waals surface area contributed by atoms with E-state index in [9.17, 15) is 0 Å². The largest absolute Gasteiger partial charge is 0.316 e. The van der Waals surface area contributed by atoms with Crippen LogP contribution in [-0.2, 0) is 0 Å². The van der Waals surface area contributed by atoms with E-state index in [-0.39, 0.29) is 0 Å². The van der Waals surface area contributed by atoms with Crippen LogP contribution in [0.15, 0.2) is 0 Å². The summed E-state index contributed by atoms with van der Waals surface area (Å²) in [5.41, 5.74) is 0.631. The third-order valence-corrected chi connectivity index (χ3v) is 2.84. The van der Waals surface area contributed by atoms with Crippen molar-refractivity contribution in [3.8, 4) is 0 Å². The van der Waals surface area contributed by atoms with Gasteiger partial charge in [-0.05, 0) is 24.8 Å². The average molecular weight is 170 g/mol. The van der Waals surface area contributed by atoms with Crippen LogP contribution in [0, 0.1) is 5.41 Å². The first kappa shape index (κ1) is 10.0. The molecule has 0 radical (unpaired) electrons. The van der Waals surface area contributed by atoms with E-state index in [0.29, 0.717) is 5.41 Å². The number of nitrogens with one attached hydrogen (secondary N) is 2. The molecule has 1 saturated carbocycles. The molecule has 72 valence electrons. The van der Waals surface area contributed by atoms with Crippen molar-refractivity contribution < 1.29 is 0 Å². The van der Waals surface area contributed by atoms with Gasteiger partial charge in [-0.3, -0.25) is 0 Å². The van der Waals surface area contributed by atoms with Crippen LogP contribution in [0.2, 0.25) is 0 Å². The molecule has 0 saturated heterocycles. The summed E-state index contributed by atoms with van der Waals surface area (Å²) in [6.07, 6.45) is 4.27. The van der Waals surface area contributed by atoms with E-state index in [2.05, 4.69) is 24.5 Å². The third kappa shape index (κ3) is 3.11. The normalized spacial score (nSPS) is 20.5. The molecule has 1 aliphatic rings. The van der Waals surface area contributed by atoms with Crippen LogP contribution in [0.1, 0.15) is 33.1 Å². The predicted molar refractivity (Wildman–Crippen MR) is 53.4 cm³/mol. The monoisotopic (exact) mass is 170 g/mol. The Labute approximate surface area is 76.1 Å². The Morgan fingerprint density at radius 1 is 1.17 bits per heavy atom. The average Bonchev–Trinajstić information content (AvgIpc) is 2.01. The highest BCUT2D eigenvalue weighted by atomic mass is 14.9. The minimum Gasteiger partial charge on any atom is -0.316 e. The summed E-state index contributed by atoms with van der Waals surface area (Å²) in [7, 11) is 0. The SMILES string of the molecule is CCNCCNCC1(C)CCC1. The Hall–Kier alpha value is -0.0800. The zero-order chi connectivity index (χ0) is 8.86. The van der Waals surface area contributed by atoms with Gasteiger partial charge in [-0.25, -0.2) is 0 Å². The Morgan fingerprint density at radius 2 is 1.83 bits per heavy atom. The molecular weight excluding hydrogens is 148 g/mol. The first-order valence-corrected chi connectivity index (χ1v) is 5.18. The van der Waals surface area contributed by atoms with E-state index in [1.807, 2.05) is 0 Å². The highest BCUT2D eigenvalue weighted by Crippen LogP contribution is 2.39. The summed E-state index contributed by atoms with van der Waals surface area (Å²) in [4.78, 5) is 0. The lowest BCUT2D eigenvalue weighted by Gasteiger charge is -2.38. The molecule has 0 aliphatic heterocycles. The maximum atomic E-state index is 3.50. The molecule has 1 rings (SSSR count). The van der Waals surface area contributed by atoms with Gasteiger partial charge in [-0.15, -0.1) is 0 Å². The van der Waals surface area contributed by atoms with Crippen molar-refractivity contribution in [2.75, 3.05) is 26.2 Å². The van der Waals surface area contributed by atoms with E-state index in [1.165, 1.54) is 25.8 Å². The second-order valence-corrected chi connectivity index (χ2v) is 4.19. The standard InChI is InChI=1S/C10H22N2/c1-3-11-7-8-12-9-10(2)5-4-6-10/h11-12H,3-9H2,1-2H3. The predicted octanol–water partition coefficient (Wildman–Crippen LogP) is 1.38. The fourth-order valence-electron chi connectivity index (χ4n) is 1.70. The molecule has 2 N–H and O–H groups in total. The molecule has 0 aromatic heterocycles. The second-order valence-electron chi connectivity index (χ2n) is 4.19. The molecule has 0 aromatic rings. The Balaban J connectivity index is 1.88. The maximum Gasteiger partial charge on any atom is 0.00769 e. The van der Waals surface area contributed by atoms with Crippen LogP contribution in [0.4, 0.5) is 0 Å². The zero-order valence-corrected chi connectivity index (χ0v) is 8.45. The van der Waals surface area contributed by atoms with Crippen LogP contribution in [-0.4, -0.2) is 26.2 Å². The number of hydrogen-bond acceptors (Lipinski definition) is 2. The summed E-state index contributed by atoms with van der Waals surface area (Å²) in [5.74, 6) is 0. The molecule has 1 aliphatic carbocycles. The first-order chi connectivity index (χ1) is 5.77. The number of likely N-dealkylation sites (N-methyl/N-ethyl adjacent to an activating group) is 1. The molecule has 0 unspecified atom stereocenters. The van der Waals surface area contributed by atoms with Gasteiger partial charge in [0.05, 0.1) is 0 Å². The Morgan fingerprint density at radius 3 is 2.33 bits per heavy atom. The number of rotatable bonds is 6. The summed E-state index contributed by atoms with van der Waals surface area (Å²) >= 11 is 0. The highest BCUT2D eigenvalue weighted by Gasteiger charge is 2.30. The van der Waals surface area contributed by atoms with E-state index < -0.39 is 0 Å². The van der Waals surface area contributed by atoms with E-state index >= 15 is 0 Å². The first-order valence-electron chi connectivity index (χ1n) is 5.18. The van der Waals surface area contributed by atoms with Crippen molar-refractivity contribution in [1.29, 1.82) is 0 Å². The fourth-order valence-corrected chi connectivity index (χ4v) is 1.70. The molecular formula is C10H22N2. The van der Waals surface area contributed by atoms with Crippen molar-refractivity contribution in [3.05, 3.63) is 0 Å². The quantitative estimate of drug-likeness (QED) is 0.588. The van der Waals surface area contributed by atoms with Crippen molar-refractivity contribution in [1.82, 2.24) is 10.6 Å². The van der Waals surface area contributed by atoms with Crippen LogP contribution in [0.5, 0.6) is 0 Å². The zero-order valence-electron chi connectivity index (χ0n) is 8.45. The van der Waals surface area contributed by atoms with Gasteiger partial charge < -0.3 is 10.6 Å². The topological polar surface area (TPSA) is 24.1 Å². The summed E-state index contributed by atoms with van der Waals surface area (Å²) in [5, 5.41) is 6.81. The molecule has 0 bridgehead atoms. The Kier molecular flexibility index (Phi) is 4.02. The van der Waals surface area contributed by atoms with Gasteiger partial charge in [0, 0.05) is 19.6 Å². The molecule has 0 spiro atoms. The van der Waals surface area contributed by atoms with Crippen LogP contribution < -0.4 is 10.6 Å². The van der Waals surface area contributed by atoms with Crippen LogP contribution in [0.25, 0.3) is 0 Å². The highest BCUT2D eigenvalue weighted by molar-refractivity contribution is 4.85.